The summed E-state index contributed by atoms with van der Waals surface area (Å²) in [5.41, 5.74) is 0.943. The Labute approximate surface area is 147 Å². The normalized spacial score (nSPS) is 19.0. The minimum absolute atomic E-state index is 0.0518. The van der Waals surface area contributed by atoms with Crippen molar-refractivity contribution in [3.05, 3.63) is 42.4 Å². The van der Waals surface area contributed by atoms with Gasteiger partial charge in [-0.05, 0) is 13.3 Å². The Hall–Kier alpha value is -2.15. The van der Waals surface area contributed by atoms with Crippen molar-refractivity contribution in [2.24, 2.45) is 0 Å². The molecule has 1 aliphatic rings. The van der Waals surface area contributed by atoms with E-state index in [1.54, 1.807) is 11.1 Å². The molecule has 0 radical (unpaired) electrons. The molecular formula is C18H22N2O4S. The fourth-order valence-electron chi connectivity index (χ4n) is 3.18. The van der Waals surface area contributed by atoms with Crippen molar-refractivity contribution in [3.8, 4) is 11.3 Å². The first kappa shape index (κ1) is 17.7. The molecule has 0 bridgehead atoms. The zero-order chi connectivity index (χ0) is 17.9. The van der Waals surface area contributed by atoms with Crippen LogP contribution < -0.4 is 0 Å². The van der Waals surface area contributed by atoms with Crippen molar-refractivity contribution in [1.29, 1.82) is 0 Å². The fraction of sp³-hybridized carbons (Fsp3) is 0.444. The van der Waals surface area contributed by atoms with Crippen LogP contribution in [-0.2, 0) is 21.1 Å². The van der Waals surface area contributed by atoms with Gasteiger partial charge >= 0.3 is 0 Å². The van der Waals surface area contributed by atoms with Gasteiger partial charge in [0, 0.05) is 31.0 Å². The summed E-state index contributed by atoms with van der Waals surface area (Å²) in [7, 11) is -3.00. The molecule has 1 unspecified atom stereocenters. The maximum atomic E-state index is 12.5. The van der Waals surface area contributed by atoms with Crippen LogP contribution in [0.15, 0.2) is 40.9 Å². The number of carbonyl (C=O) groups is 1. The molecule has 0 aliphatic carbocycles. The molecule has 134 valence electrons. The molecule has 1 aliphatic heterocycles. The number of rotatable bonds is 6. The molecule has 3 rings (SSSR count). The molecule has 0 saturated carbocycles. The third-order valence-electron chi connectivity index (χ3n) is 4.47. The van der Waals surface area contributed by atoms with Crippen LogP contribution in [0.25, 0.3) is 11.3 Å². The summed E-state index contributed by atoms with van der Waals surface area (Å²) in [6, 6.07) is 9.46. The monoisotopic (exact) mass is 362 g/mol. The smallest absolute Gasteiger partial charge is 0.223 e. The Morgan fingerprint density at radius 1 is 1.32 bits per heavy atom. The van der Waals surface area contributed by atoms with Crippen molar-refractivity contribution in [2.45, 2.75) is 32.2 Å². The van der Waals surface area contributed by atoms with Crippen LogP contribution >= 0.6 is 0 Å². The first-order valence-electron chi connectivity index (χ1n) is 8.48. The molecule has 1 aromatic heterocycles. The van der Waals surface area contributed by atoms with Crippen molar-refractivity contribution >= 4 is 15.7 Å². The molecule has 0 N–H and O–H groups in total. The predicted molar refractivity (Wildman–Crippen MR) is 94.7 cm³/mol. The number of amides is 1. The lowest BCUT2D eigenvalue weighted by molar-refractivity contribution is -0.132. The van der Waals surface area contributed by atoms with Crippen LogP contribution in [-0.4, -0.2) is 48.3 Å². The molecular weight excluding hydrogens is 340 g/mol. The highest BCUT2D eigenvalue weighted by molar-refractivity contribution is 7.91. The van der Waals surface area contributed by atoms with Gasteiger partial charge in [0.1, 0.15) is 0 Å². The van der Waals surface area contributed by atoms with Crippen molar-refractivity contribution in [3.63, 3.8) is 0 Å². The van der Waals surface area contributed by atoms with E-state index in [9.17, 15) is 13.2 Å². The molecule has 7 heteroatoms. The van der Waals surface area contributed by atoms with Crippen LogP contribution in [0.4, 0.5) is 0 Å². The van der Waals surface area contributed by atoms with Gasteiger partial charge in [0.25, 0.3) is 0 Å². The molecule has 6 nitrogen and oxygen atoms in total. The third kappa shape index (κ3) is 4.28. The van der Waals surface area contributed by atoms with E-state index in [1.165, 1.54) is 0 Å². The minimum atomic E-state index is -3.00. The maximum Gasteiger partial charge on any atom is 0.223 e. The fourth-order valence-corrected chi connectivity index (χ4v) is 4.91. The van der Waals surface area contributed by atoms with E-state index in [4.69, 9.17) is 4.42 Å². The number of oxazole rings is 1. The number of carbonyl (C=O) groups excluding carboxylic acids is 1. The van der Waals surface area contributed by atoms with Gasteiger partial charge in [0.05, 0.1) is 17.7 Å². The highest BCUT2D eigenvalue weighted by atomic mass is 32.2. The summed E-state index contributed by atoms with van der Waals surface area (Å²) in [6.45, 7) is 2.39. The van der Waals surface area contributed by atoms with E-state index >= 15 is 0 Å². The summed E-state index contributed by atoms with van der Waals surface area (Å²) in [4.78, 5) is 18.4. The first-order valence-corrected chi connectivity index (χ1v) is 10.3. The van der Waals surface area contributed by atoms with Gasteiger partial charge in [-0.1, -0.05) is 30.3 Å². The average molecular weight is 362 g/mol. The number of nitrogens with zero attached hydrogens (tertiary/aromatic N) is 2. The molecule has 1 saturated heterocycles. The summed E-state index contributed by atoms with van der Waals surface area (Å²) >= 11 is 0. The Morgan fingerprint density at radius 2 is 2.08 bits per heavy atom. The molecule has 1 fully saturated rings. The highest BCUT2D eigenvalue weighted by Gasteiger charge is 2.33. The van der Waals surface area contributed by atoms with Crippen LogP contribution in [0.5, 0.6) is 0 Å². The average Bonchev–Trinajstić information content (AvgIpc) is 3.21. The molecule has 25 heavy (non-hydrogen) atoms. The van der Waals surface area contributed by atoms with Crippen LogP contribution in [0.1, 0.15) is 25.7 Å². The van der Waals surface area contributed by atoms with Gasteiger partial charge in [0.2, 0.25) is 5.91 Å². The van der Waals surface area contributed by atoms with Crippen LogP contribution in [0.2, 0.25) is 0 Å². The van der Waals surface area contributed by atoms with Gasteiger partial charge in [-0.25, -0.2) is 13.4 Å². The quantitative estimate of drug-likeness (QED) is 0.788. The van der Waals surface area contributed by atoms with Gasteiger partial charge < -0.3 is 9.32 Å². The van der Waals surface area contributed by atoms with E-state index in [1.807, 2.05) is 37.3 Å². The molecule has 1 aromatic carbocycles. The number of hydrogen-bond donors (Lipinski definition) is 0. The summed E-state index contributed by atoms with van der Waals surface area (Å²) in [5.74, 6) is 1.38. The molecule has 2 aromatic rings. The van der Waals surface area contributed by atoms with Crippen molar-refractivity contribution in [1.82, 2.24) is 9.88 Å². The van der Waals surface area contributed by atoms with E-state index in [-0.39, 0.29) is 29.9 Å². The lowest BCUT2D eigenvalue weighted by Gasteiger charge is -2.26. The van der Waals surface area contributed by atoms with Gasteiger partial charge in [-0.2, -0.15) is 0 Å². The second kappa shape index (κ2) is 7.39. The maximum absolute atomic E-state index is 12.5. The summed E-state index contributed by atoms with van der Waals surface area (Å²) in [5, 5.41) is 0. The number of sulfone groups is 1. The predicted octanol–water partition coefficient (Wildman–Crippen LogP) is 2.31. The Bertz CT molecular complexity index is 830. The van der Waals surface area contributed by atoms with Crippen molar-refractivity contribution < 1.29 is 17.6 Å². The van der Waals surface area contributed by atoms with Gasteiger partial charge in [-0.3, -0.25) is 4.79 Å². The number of aromatic nitrogens is 1. The topological polar surface area (TPSA) is 80.5 Å². The number of benzene rings is 1. The summed E-state index contributed by atoms with van der Waals surface area (Å²) in [6.07, 6.45) is 2.86. The standard InChI is InChI=1S/C18H22N2O4S/c1-2-20(15-10-11-25(22,23)13-15)18(21)9-8-17-19-12-16(24-17)14-6-4-3-5-7-14/h3-7,12,15H,2,8-11,13H2,1H3. The van der Waals surface area contributed by atoms with E-state index < -0.39 is 9.84 Å². The SMILES string of the molecule is CCN(C(=O)CCc1ncc(-c2ccccc2)o1)C1CCS(=O)(=O)C1. The molecule has 0 spiro atoms. The largest absolute Gasteiger partial charge is 0.441 e. The second-order valence-corrected chi connectivity index (χ2v) is 8.45. The van der Waals surface area contributed by atoms with E-state index in [0.29, 0.717) is 31.0 Å². The molecule has 1 amide bonds. The zero-order valence-corrected chi connectivity index (χ0v) is 15.0. The van der Waals surface area contributed by atoms with Crippen molar-refractivity contribution in [2.75, 3.05) is 18.1 Å². The first-order chi connectivity index (χ1) is 12.0. The van der Waals surface area contributed by atoms with Crippen LogP contribution in [0.3, 0.4) is 0 Å². The molecule has 1 atom stereocenters. The third-order valence-corrected chi connectivity index (χ3v) is 6.23. The van der Waals surface area contributed by atoms with E-state index in [0.717, 1.165) is 5.56 Å². The Morgan fingerprint density at radius 3 is 2.72 bits per heavy atom. The Balaban J connectivity index is 1.59. The molecule has 2 heterocycles. The minimum Gasteiger partial charge on any atom is -0.441 e. The zero-order valence-electron chi connectivity index (χ0n) is 14.2. The van der Waals surface area contributed by atoms with Gasteiger partial charge in [-0.15, -0.1) is 0 Å². The lowest BCUT2D eigenvalue weighted by atomic mass is 10.2. The van der Waals surface area contributed by atoms with Gasteiger partial charge in [0.15, 0.2) is 21.5 Å². The number of hydrogen-bond acceptors (Lipinski definition) is 5. The Kier molecular flexibility index (Phi) is 5.22. The number of aryl methyl sites for hydroxylation is 1. The van der Waals surface area contributed by atoms with E-state index in [2.05, 4.69) is 4.98 Å². The summed E-state index contributed by atoms with van der Waals surface area (Å²) < 4.78 is 29.0. The highest BCUT2D eigenvalue weighted by Crippen LogP contribution is 2.21. The lowest BCUT2D eigenvalue weighted by Crippen LogP contribution is -2.41. The second-order valence-electron chi connectivity index (χ2n) is 6.22. The van der Waals surface area contributed by atoms with Crippen LogP contribution in [0, 0.1) is 0 Å².